The monoisotopic (exact) mass is 718 g/mol. The number of aliphatic imine (C=N–C) groups is 1. The van der Waals surface area contributed by atoms with Crippen molar-refractivity contribution in [2.75, 3.05) is 11.9 Å². The van der Waals surface area contributed by atoms with E-state index in [2.05, 4.69) is 124 Å². The second kappa shape index (κ2) is 12.4. The summed E-state index contributed by atoms with van der Waals surface area (Å²) >= 11 is 5.79. The molecule has 0 aromatic heterocycles. The number of anilines is 1. The molecule has 1 aliphatic heterocycles. The highest BCUT2D eigenvalue weighted by Gasteiger charge is 2.37. The van der Waals surface area contributed by atoms with Crippen LogP contribution in [-0.2, 0) is 6.61 Å². The lowest BCUT2D eigenvalue weighted by Gasteiger charge is -2.37. The number of hydrogen-bond acceptors (Lipinski definition) is 4. The zero-order chi connectivity index (χ0) is 28.3. The van der Waals surface area contributed by atoms with Crippen LogP contribution in [0.5, 0.6) is 11.5 Å². The second-order valence-corrected chi connectivity index (χ2v) is 12.7. The third kappa shape index (κ3) is 6.24. The quantitative estimate of drug-likeness (QED) is 0.112. The van der Waals surface area contributed by atoms with Crippen molar-refractivity contribution < 1.29 is 9.47 Å². The first-order chi connectivity index (χ1) is 20.0. The van der Waals surface area contributed by atoms with Gasteiger partial charge in [-0.2, -0.15) is 0 Å². The van der Waals surface area contributed by atoms with Crippen molar-refractivity contribution in [1.29, 1.82) is 0 Å². The van der Waals surface area contributed by atoms with Crippen LogP contribution < -0.4 is 14.8 Å². The Balaban J connectivity index is 1.17. The normalized spacial score (nSPS) is 19.1. The van der Waals surface area contributed by atoms with Crippen LogP contribution in [0.1, 0.15) is 53.1 Å². The van der Waals surface area contributed by atoms with Crippen LogP contribution in [-0.4, -0.2) is 12.8 Å². The molecule has 0 saturated carbocycles. The molecule has 4 aromatic rings. The van der Waals surface area contributed by atoms with E-state index in [-0.39, 0.29) is 6.04 Å². The molecule has 0 saturated heterocycles. The molecule has 1 heterocycles. The molecule has 208 valence electrons. The molecule has 4 aromatic carbocycles. The number of allylic oxidation sites excluding steroid dienone is 2. The lowest BCUT2D eigenvalue weighted by atomic mass is 9.76. The number of fused-ring (bicyclic) bond motifs is 3. The molecule has 0 spiro atoms. The summed E-state index contributed by atoms with van der Waals surface area (Å²) < 4.78 is 14.2. The van der Waals surface area contributed by atoms with Crippen molar-refractivity contribution in [2.45, 2.75) is 38.8 Å². The standard InChI is InChI=1S/C35H32BrIN2O2/c1-3-40-33-19-24(18-31(37)35(33)41-21-23-8-12-26(36)13-9-23)20-38-27-14-10-25(11-15-27)34-29-6-4-5-28(29)30-17-22(2)7-16-32(30)39-34/h4-5,7-20,28-29,34,39H,3,6,21H2,1-2H3/t28-,29-,34+/m1/s1. The van der Waals surface area contributed by atoms with E-state index < -0.39 is 0 Å². The fraction of sp³-hybridized carbons (Fsp3) is 0.229. The second-order valence-electron chi connectivity index (χ2n) is 10.6. The van der Waals surface area contributed by atoms with Crippen molar-refractivity contribution in [3.05, 3.63) is 127 Å². The third-order valence-electron chi connectivity index (χ3n) is 7.76. The number of benzene rings is 4. The summed E-state index contributed by atoms with van der Waals surface area (Å²) in [7, 11) is 0. The van der Waals surface area contributed by atoms with Gasteiger partial charge in [0.2, 0.25) is 0 Å². The molecule has 4 nitrogen and oxygen atoms in total. The first-order valence-corrected chi connectivity index (χ1v) is 15.9. The maximum absolute atomic E-state index is 6.19. The summed E-state index contributed by atoms with van der Waals surface area (Å²) in [6.07, 6.45) is 7.73. The molecule has 41 heavy (non-hydrogen) atoms. The molecule has 0 fully saturated rings. The average Bonchev–Trinajstić information content (AvgIpc) is 3.47. The van der Waals surface area contributed by atoms with Gasteiger partial charge in [0, 0.05) is 22.3 Å². The summed E-state index contributed by atoms with van der Waals surface area (Å²) in [6.45, 7) is 5.19. The fourth-order valence-corrected chi connectivity index (χ4v) is 6.81. The minimum absolute atomic E-state index is 0.281. The molecule has 6 rings (SSSR count). The van der Waals surface area contributed by atoms with Crippen molar-refractivity contribution in [3.8, 4) is 11.5 Å². The highest BCUT2D eigenvalue weighted by molar-refractivity contribution is 14.1. The molecule has 6 heteroatoms. The van der Waals surface area contributed by atoms with E-state index >= 15 is 0 Å². The van der Waals surface area contributed by atoms with Crippen molar-refractivity contribution >= 4 is 56.1 Å². The van der Waals surface area contributed by atoms with Crippen LogP contribution in [0, 0.1) is 16.4 Å². The highest BCUT2D eigenvalue weighted by Crippen LogP contribution is 2.50. The van der Waals surface area contributed by atoms with Crippen LogP contribution in [0.15, 0.2) is 100 Å². The van der Waals surface area contributed by atoms with Crippen molar-refractivity contribution in [3.63, 3.8) is 0 Å². The van der Waals surface area contributed by atoms with Crippen LogP contribution in [0.3, 0.4) is 0 Å². The van der Waals surface area contributed by atoms with Gasteiger partial charge in [-0.25, -0.2) is 0 Å². The smallest absolute Gasteiger partial charge is 0.175 e. The number of nitrogens with zero attached hydrogens (tertiary/aromatic N) is 1. The molecule has 0 bridgehead atoms. The van der Waals surface area contributed by atoms with Gasteiger partial charge < -0.3 is 14.8 Å². The Hall–Kier alpha value is -3.10. The number of nitrogens with one attached hydrogen (secondary N) is 1. The Kier molecular flexibility index (Phi) is 8.49. The number of rotatable bonds is 8. The van der Waals surface area contributed by atoms with E-state index in [0.29, 0.717) is 25.0 Å². The van der Waals surface area contributed by atoms with Gasteiger partial charge in [0.25, 0.3) is 0 Å². The van der Waals surface area contributed by atoms with Gasteiger partial charge in [-0.3, -0.25) is 4.99 Å². The topological polar surface area (TPSA) is 42.8 Å². The van der Waals surface area contributed by atoms with Crippen LogP contribution in [0.25, 0.3) is 0 Å². The number of halogens is 2. The Labute approximate surface area is 264 Å². The van der Waals surface area contributed by atoms with E-state index in [0.717, 1.165) is 42.8 Å². The van der Waals surface area contributed by atoms with Gasteiger partial charge >= 0.3 is 0 Å². The zero-order valence-electron chi connectivity index (χ0n) is 23.1. The van der Waals surface area contributed by atoms with Gasteiger partial charge in [0.1, 0.15) is 6.61 Å². The van der Waals surface area contributed by atoms with Crippen LogP contribution >= 0.6 is 38.5 Å². The minimum Gasteiger partial charge on any atom is -0.490 e. The molecule has 3 atom stereocenters. The summed E-state index contributed by atoms with van der Waals surface area (Å²) in [5.74, 6) is 2.49. The van der Waals surface area contributed by atoms with Gasteiger partial charge in [0.05, 0.1) is 21.9 Å². The lowest BCUT2D eigenvalue weighted by Crippen LogP contribution is -2.29. The van der Waals surface area contributed by atoms with E-state index in [1.807, 2.05) is 31.3 Å². The van der Waals surface area contributed by atoms with Crippen LogP contribution in [0.2, 0.25) is 0 Å². The van der Waals surface area contributed by atoms with Gasteiger partial charge in [0.15, 0.2) is 11.5 Å². The first-order valence-electron chi connectivity index (χ1n) is 14.0. The van der Waals surface area contributed by atoms with Gasteiger partial charge in [-0.05, 0) is 113 Å². The number of aryl methyl sites for hydroxylation is 1. The molecular formula is C35H32BrIN2O2. The van der Waals surface area contributed by atoms with Gasteiger partial charge in [-0.15, -0.1) is 0 Å². The molecule has 0 amide bonds. The van der Waals surface area contributed by atoms with E-state index in [1.165, 1.54) is 22.4 Å². The van der Waals surface area contributed by atoms with Gasteiger partial charge in [-0.1, -0.05) is 70.0 Å². The lowest BCUT2D eigenvalue weighted by molar-refractivity contribution is 0.267. The Bertz CT molecular complexity index is 1600. The Morgan fingerprint density at radius 3 is 2.59 bits per heavy atom. The van der Waals surface area contributed by atoms with E-state index in [1.54, 1.807) is 0 Å². The summed E-state index contributed by atoms with van der Waals surface area (Å²) in [4.78, 5) is 4.79. The van der Waals surface area contributed by atoms with E-state index in [4.69, 9.17) is 14.5 Å². The number of ether oxygens (including phenoxy) is 2. The maximum Gasteiger partial charge on any atom is 0.175 e. The summed E-state index contributed by atoms with van der Waals surface area (Å²) in [6, 6.07) is 27.9. The summed E-state index contributed by atoms with van der Waals surface area (Å²) in [5, 5.41) is 3.83. The molecule has 1 aliphatic carbocycles. The maximum atomic E-state index is 6.19. The van der Waals surface area contributed by atoms with Crippen molar-refractivity contribution in [2.24, 2.45) is 10.9 Å². The van der Waals surface area contributed by atoms with Crippen LogP contribution in [0.4, 0.5) is 11.4 Å². The largest absolute Gasteiger partial charge is 0.490 e. The number of hydrogen-bond donors (Lipinski definition) is 1. The SMILES string of the molecule is CCOc1cc(C=Nc2ccc([C@@H]3Nc4ccc(C)cc4[C@@H]4C=CC[C@H]43)cc2)cc(I)c1OCc1ccc(Br)cc1. The minimum atomic E-state index is 0.281. The third-order valence-corrected chi connectivity index (χ3v) is 9.09. The molecular weight excluding hydrogens is 687 g/mol. The predicted molar refractivity (Wildman–Crippen MR) is 180 cm³/mol. The first kappa shape index (κ1) is 28.0. The Morgan fingerprint density at radius 1 is 1.00 bits per heavy atom. The van der Waals surface area contributed by atoms with Crippen molar-refractivity contribution in [1.82, 2.24) is 0 Å². The molecule has 0 unspecified atom stereocenters. The highest BCUT2D eigenvalue weighted by atomic mass is 127. The average molecular weight is 719 g/mol. The predicted octanol–water partition coefficient (Wildman–Crippen LogP) is 9.92. The fourth-order valence-electron chi connectivity index (χ4n) is 5.76. The molecule has 1 N–H and O–H groups in total. The zero-order valence-corrected chi connectivity index (χ0v) is 26.9. The summed E-state index contributed by atoms with van der Waals surface area (Å²) in [5.41, 5.74) is 8.28. The van der Waals surface area contributed by atoms with E-state index in [9.17, 15) is 0 Å². The molecule has 2 aliphatic rings. The Morgan fingerprint density at radius 2 is 1.80 bits per heavy atom. The molecule has 0 radical (unpaired) electrons.